The van der Waals surface area contributed by atoms with E-state index < -0.39 is 0 Å². The van der Waals surface area contributed by atoms with Crippen LogP contribution in [0.1, 0.15) is 58.1 Å². The lowest BCUT2D eigenvalue weighted by Crippen LogP contribution is -2.55. The Morgan fingerprint density at radius 3 is 2.32 bits per heavy atom. The number of aromatic nitrogens is 2. The van der Waals surface area contributed by atoms with Crippen LogP contribution in [-0.4, -0.2) is 75.6 Å². The minimum absolute atomic E-state index is 0.0200. The van der Waals surface area contributed by atoms with Crippen LogP contribution in [0, 0.1) is 6.92 Å². The van der Waals surface area contributed by atoms with E-state index in [1.54, 1.807) is 11.8 Å². The molecule has 3 aliphatic heterocycles. The number of piperidine rings is 2. The zero-order valence-corrected chi connectivity index (χ0v) is 19.3. The molecular weight excluding hydrogens is 418 g/mol. The van der Waals surface area contributed by atoms with Gasteiger partial charge in [-0.05, 0) is 64.0 Å². The Hall–Kier alpha value is -1.93. The van der Waals surface area contributed by atoms with E-state index in [0.29, 0.717) is 30.6 Å². The van der Waals surface area contributed by atoms with Crippen molar-refractivity contribution < 1.29 is 14.3 Å². The van der Waals surface area contributed by atoms with Crippen molar-refractivity contribution in [3.8, 4) is 0 Å². The van der Waals surface area contributed by atoms with Crippen molar-refractivity contribution in [1.82, 2.24) is 19.8 Å². The molecule has 3 saturated heterocycles. The first-order valence-corrected chi connectivity index (χ1v) is 11.7. The van der Waals surface area contributed by atoms with Crippen molar-refractivity contribution in [2.45, 2.75) is 83.5 Å². The van der Waals surface area contributed by atoms with Crippen molar-refractivity contribution in [2.75, 3.05) is 24.6 Å². The highest BCUT2D eigenvalue weighted by Gasteiger charge is 2.46. The van der Waals surface area contributed by atoms with E-state index in [4.69, 9.17) is 16.3 Å². The van der Waals surface area contributed by atoms with E-state index in [1.807, 2.05) is 24.8 Å². The fourth-order valence-corrected chi connectivity index (χ4v) is 5.92. The lowest BCUT2D eigenvalue weighted by atomic mass is 9.93. The van der Waals surface area contributed by atoms with Gasteiger partial charge in [-0.2, -0.15) is 0 Å². The Morgan fingerprint density at radius 1 is 1.13 bits per heavy atom. The van der Waals surface area contributed by atoms with Gasteiger partial charge in [0.1, 0.15) is 5.82 Å². The number of nitrogens with zero attached hydrogens (tertiary/aromatic N) is 5. The van der Waals surface area contributed by atoms with Gasteiger partial charge < -0.3 is 14.5 Å². The van der Waals surface area contributed by atoms with Crippen molar-refractivity contribution >= 4 is 29.4 Å². The molecule has 0 spiro atoms. The number of rotatable bonds is 4. The second-order valence-electron chi connectivity index (χ2n) is 8.91. The summed E-state index contributed by atoms with van der Waals surface area (Å²) in [6.45, 7) is 7.61. The quantitative estimate of drug-likeness (QED) is 0.655. The summed E-state index contributed by atoms with van der Waals surface area (Å²) in [5.41, 5.74) is 0.752. The van der Waals surface area contributed by atoms with Gasteiger partial charge in [-0.25, -0.2) is 14.8 Å². The number of aryl methyl sites for hydroxylation is 1. The van der Waals surface area contributed by atoms with Gasteiger partial charge >= 0.3 is 6.09 Å². The largest absolute Gasteiger partial charge is 0.450 e. The maximum Gasteiger partial charge on any atom is 0.410 e. The van der Waals surface area contributed by atoms with Crippen LogP contribution < -0.4 is 4.90 Å². The number of ether oxygens (including phenoxy) is 1. The highest BCUT2D eigenvalue weighted by atomic mass is 35.5. The first kappa shape index (κ1) is 22.3. The van der Waals surface area contributed by atoms with Crippen LogP contribution in [0.4, 0.5) is 10.6 Å². The number of anilines is 1. The standard InChI is InChI=1S/C22H32ClN5O3/c1-4-31-22(30)28-17-5-6-18(28)13-19(12-17)26-9-7-16(8-10-26)27(15(3)29)20-11-14(2)24-21(23)25-20/h11,16-19H,4-10,12-13H2,1-3H3. The molecule has 170 valence electrons. The monoisotopic (exact) mass is 449 g/mol. The van der Waals surface area contributed by atoms with Crippen molar-refractivity contribution in [3.63, 3.8) is 0 Å². The molecule has 0 aliphatic carbocycles. The average molecular weight is 450 g/mol. The lowest BCUT2D eigenvalue weighted by Gasteiger charge is -2.46. The number of fused-ring (bicyclic) bond motifs is 2. The highest BCUT2D eigenvalue weighted by molar-refractivity contribution is 6.28. The summed E-state index contributed by atoms with van der Waals surface area (Å²) in [5.74, 6) is 0.567. The molecule has 31 heavy (non-hydrogen) atoms. The second kappa shape index (κ2) is 9.28. The topological polar surface area (TPSA) is 78.9 Å². The zero-order chi connectivity index (χ0) is 22.1. The van der Waals surface area contributed by atoms with Gasteiger partial charge in [0.25, 0.3) is 0 Å². The van der Waals surface area contributed by atoms with E-state index in [-0.39, 0.29) is 23.3 Å². The van der Waals surface area contributed by atoms with E-state index in [9.17, 15) is 9.59 Å². The number of likely N-dealkylation sites (tertiary alicyclic amines) is 1. The van der Waals surface area contributed by atoms with Crippen molar-refractivity contribution in [3.05, 3.63) is 17.0 Å². The fourth-order valence-electron chi connectivity index (χ4n) is 5.70. The molecule has 9 heteroatoms. The smallest absolute Gasteiger partial charge is 0.410 e. The van der Waals surface area contributed by atoms with Crippen LogP contribution in [0.5, 0.6) is 0 Å². The first-order chi connectivity index (χ1) is 14.9. The molecule has 8 nitrogen and oxygen atoms in total. The predicted molar refractivity (Wildman–Crippen MR) is 118 cm³/mol. The minimum Gasteiger partial charge on any atom is -0.450 e. The van der Waals surface area contributed by atoms with Gasteiger partial charge in [-0.3, -0.25) is 9.69 Å². The molecule has 0 radical (unpaired) electrons. The summed E-state index contributed by atoms with van der Waals surface area (Å²) in [6, 6.07) is 3.00. The molecule has 2 unspecified atom stereocenters. The van der Waals surface area contributed by atoms with E-state index in [0.717, 1.165) is 57.3 Å². The number of carbonyl (C=O) groups is 2. The Labute approximate surface area is 188 Å². The molecule has 4 heterocycles. The zero-order valence-electron chi connectivity index (χ0n) is 18.6. The normalized spacial score (nSPS) is 26.7. The van der Waals surface area contributed by atoms with Crippen LogP contribution >= 0.6 is 11.6 Å². The second-order valence-corrected chi connectivity index (χ2v) is 9.25. The highest BCUT2D eigenvalue weighted by Crippen LogP contribution is 2.39. The Bertz CT molecular complexity index is 795. The molecule has 2 bridgehead atoms. The molecule has 0 saturated carbocycles. The van der Waals surface area contributed by atoms with Gasteiger partial charge in [0.2, 0.25) is 11.2 Å². The summed E-state index contributed by atoms with van der Waals surface area (Å²) < 4.78 is 5.28. The minimum atomic E-state index is -0.150. The van der Waals surface area contributed by atoms with Crippen LogP contribution in [0.2, 0.25) is 5.28 Å². The molecule has 0 aromatic carbocycles. The third kappa shape index (κ3) is 4.65. The predicted octanol–water partition coefficient (Wildman–Crippen LogP) is 3.41. The lowest BCUT2D eigenvalue weighted by molar-refractivity contribution is -0.117. The van der Waals surface area contributed by atoms with Crippen molar-refractivity contribution in [1.29, 1.82) is 0 Å². The van der Waals surface area contributed by atoms with Crippen molar-refractivity contribution in [2.24, 2.45) is 0 Å². The van der Waals surface area contributed by atoms with Crippen LogP contribution in [-0.2, 0) is 9.53 Å². The van der Waals surface area contributed by atoms with Gasteiger partial charge in [0.15, 0.2) is 0 Å². The summed E-state index contributed by atoms with van der Waals surface area (Å²) >= 11 is 6.04. The summed E-state index contributed by atoms with van der Waals surface area (Å²) in [4.78, 5) is 39.5. The number of carbonyl (C=O) groups excluding carboxylic acids is 2. The fraction of sp³-hybridized carbons (Fsp3) is 0.727. The van der Waals surface area contributed by atoms with Gasteiger partial charge in [0.05, 0.1) is 6.61 Å². The molecule has 3 aliphatic rings. The number of amides is 2. The maximum atomic E-state index is 12.5. The van der Waals surface area contributed by atoms with E-state index in [2.05, 4.69) is 14.9 Å². The Balaban J connectivity index is 1.38. The van der Waals surface area contributed by atoms with E-state index in [1.165, 1.54) is 0 Å². The molecule has 0 N–H and O–H groups in total. The molecule has 2 amide bonds. The summed E-state index contributed by atoms with van der Waals surface area (Å²) in [5, 5.41) is 0.169. The summed E-state index contributed by atoms with van der Waals surface area (Å²) in [7, 11) is 0. The van der Waals surface area contributed by atoms with Crippen LogP contribution in [0.3, 0.4) is 0 Å². The molecule has 4 rings (SSSR count). The summed E-state index contributed by atoms with van der Waals surface area (Å²) in [6.07, 6.45) is 5.81. The molecule has 3 fully saturated rings. The van der Waals surface area contributed by atoms with Crippen LogP contribution in [0.25, 0.3) is 0 Å². The third-order valence-corrected chi connectivity index (χ3v) is 7.14. The third-order valence-electron chi connectivity index (χ3n) is 6.97. The molecule has 1 aromatic rings. The van der Waals surface area contributed by atoms with E-state index >= 15 is 0 Å². The maximum absolute atomic E-state index is 12.5. The number of hydrogen-bond donors (Lipinski definition) is 0. The number of halogens is 1. The SMILES string of the molecule is CCOC(=O)N1C2CCC1CC(N1CCC(N(C(C)=O)c3cc(C)nc(Cl)n3)CC1)C2. The number of hydrogen-bond acceptors (Lipinski definition) is 6. The molecular formula is C22H32ClN5O3. The van der Waals surface area contributed by atoms with Crippen LogP contribution in [0.15, 0.2) is 6.07 Å². The Kier molecular flexibility index (Phi) is 6.67. The van der Waals surface area contributed by atoms with Gasteiger partial charge in [-0.15, -0.1) is 0 Å². The Morgan fingerprint density at radius 2 is 1.77 bits per heavy atom. The first-order valence-electron chi connectivity index (χ1n) is 11.4. The molecule has 1 aromatic heterocycles. The average Bonchev–Trinajstić information content (AvgIpc) is 2.98. The van der Waals surface area contributed by atoms with Gasteiger partial charge in [0, 0.05) is 55.9 Å². The molecule has 2 atom stereocenters. The van der Waals surface area contributed by atoms with Gasteiger partial charge in [-0.1, -0.05) is 0 Å².